The number of rotatable bonds is 18. The minimum absolute atomic E-state index is 0.183. The quantitative estimate of drug-likeness (QED) is 0.0873. The second kappa shape index (κ2) is 18.0. The molecule has 0 saturated carbocycles. The van der Waals surface area contributed by atoms with Crippen LogP contribution in [0.15, 0.2) is 0 Å². The van der Waals surface area contributed by atoms with E-state index < -0.39 is 80.7 Å². The van der Waals surface area contributed by atoms with Gasteiger partial charge in [0.2, 0.25) is 0 Å². The van der Waals surface area contributed by atoms with Gasteiger partial charge in [-0.1, -0.05) is 51.9 Å². The monoisotopic (exact) mass is 556 g/mol. The lowest BCUT2D eigenvalue weighted by atomic mass is 9.99. The first-order valence-electron chi connectivity index (χ1n) is 13.7. The summed E-state index contributed by atoms with van der Waals surface area (Å²) in [4.78, 5) is 0. The highest BCUT2D eigenvalue weighted by atomic mass is 16.7. The number of ether oxygens (including phenoxy) is 5. The summed E-state index contributed by atoms with van der Waals surface area (Å²) in [6, 6.07) is 0. The Labute approximate surface area is 223 Å². The lowest BCUT2D eigenvalue weighted by Gasteiger charge is -2.40. The highest BCUT2D eigenvalue weighted by Gasteiger charge is 2.45. The summed E-state index contributed by atoms with van der Waals surface area (Å²) in [6.07, 6.45) is -6.19. The van der Waals surface area contributed by atoms with Gasteiger partial charge < -0.3 is 64.5 Å². The predicted molar refractivity (Wildman–Crippen MR) is 132 cm³/mol. The molecule has 2 fully saturated rings. The van der Waals surface area contributed by atoms with E-state index in [4.69, 9.17) is 23.7 Å². The van der Waals surface area contributed by atoms with Crippen molar-refractivity contribution in [3.63, 3.8) is 0 Å². The van der Waals surface area contributed by atoms with Crippen LogP contribution in [-0.2, 0) is 23.7 Å². The van der Waals surface area contributed by atoms with Gasteiger partial charge in [-0.15, -0.1) is 0 Å². The summed E-state index contributed by atoms with van der Waals surface area (Å²) in [7, 11) is 0. The van der Waals surface area contributed by atoms with E-state index in [0.29, 0.717) is 6.61 Å². The Bertz CT molecular complexity index is 570. The van der Waals surface area contributed by atoms with E-state index in [0.717, 1.165) is 25.7 Å². The molecule has 2 saturated heterocycles. The van der Waals surface area contributed by atoms with Gasteiger partial charge in [-0.05, 0) is 6.42 Å². The average molecular weight is 557 g/mol. The fraction of sp³-hybridized carbons (Fsp3) is 1.00. The van der Waals surface area contributed by atoms with Crippen LogP contribution >= 0.6 is 0 Å². The normalized spacial score (nSPS) is 36.2. The lowest BCUT2D eigenvalue weighted by Crippen LogP contribution is -2.60. The molecule has 0 bridgehead atoms. The van der Waals surface area contributed by atoms with Crippen molar-refractivity contribution in [2.24, 2.45) is 0 Å². The van der Waals surface area contributed by atoms with Crippen molar-refractivity contribution in [2.45, 2.75) is 126 Å². The third-order valence-corrected chi connectivity index (χ3v) is 6.94. The van der Waals surface area contributed by atoms with E-state index >= 15 is 0 Å². The summed E-state index contributed by atoms with van der Waals surface area (Å²) >= 11 is 0. The van der Waals surface area contributed by atoms with Gasteiger partial charge >= 0.3 is 0 Å². The zero-order valence-corrected chi connectivity index (χ0v) is 22.2. The van der Waals surface area contributed by atoms with Gasteiger partial charge in [0.15, 0.2) is 12.6 Å². The Balaban J connectivity index is 1.89. The van der Waals surface area contributed by atoms with E-state index in [9.17, 15) is 40.9 Å². The highest BCUT2D eigenvalue weighted by Crippen LogP contribution is 2.24. The first kappa shape index (κ1) is 33.7. The molecular weight excluding hydrogens is 508 g/mol. The Morgan fingerprint density at radius 1 is 0.579 bits per heavy atom. The largest absolute Gasteiger partial charge is 0.394 e. The minimum Gasteiger partial charge on any atom is -0.394 e. The van der Waals surface area contributed by atoms with Crippen LogP contribution in [0.25, 0.3) is 0 Å². The van der Waals surface area contributed by atoms with Gasteiger partial charge in [-0.2, -0.15) is 0 Å². The number of aliphatic hydroxyl groups is 8. The molecule has 2 rings (SSSR count). The molecule has 0 amide bonds. The average Bonchev–Trinajstić information content (AvgIpc) is 2.92. The maximum Gasteiger partial charge on any atom is 0.186 e. The van der Waals surface area contributed by atoms with Crippen molar-refractivity contribution in [3.8, 4) is 0 Å². The van der Waals surface area contributed by atoms with Crippen LogP contribution in [0, 0.1) is 0 Å². The zero-order chi connectivity index (χ0) is 28.1. The van der Waals surface area contributed by atoms with Crippen LogP contribution in [0.5, 0.6) is 0 Å². The van der Waals surface area contributed by atoms with Crippen LogP contribution in [0.1, 0.15) is 58.3 Å². The van der Waals surface area contributed by atoms with E-state index in [1.54, 1.807) is 0 Å². The second-order valence-corrected chi connectivity index (χ2v) is 10.0. The summed E-state index contributed by atoms with van der Waals surface area (Å²) in [5, 5.41) is 79.1. The molecule has 0 aromatic carbocycles. The third kappa shape index (κ3) is 10.1. The van der Waals surface area contributed by atoms with Crippen molar-refractivity contribution in [1.82, 2.24) is 0 Å². The summed E-state index contributed by atoms with van der Waals surface area (Å²) in [5.74, 6) is 0. The van der Waals surface area contributed by atoms with E-state index in [1.807, 2.05) is 0 Å². The molecule has 13 nitrogen and oxygen atoms in total. The molecule has 0 aromatic rings. The predicted octanol–water partition coefficient (Wildman–Crippen LogP) is -1.85. The van der Waals surface area contributed by atoms with Crippen LogP contribution < -0.4 is 0 Å². The molecule has 226 valence electrons. The van der Waals surface area contributed by atoms with Gasteiger partial charge in [0, 0.05) is 6.61 Å². The molecule has 2 aliphatic rings. The number of aliphatic hydroxyl groups excluding tert-OH is 8. The number of hydrogen-bond acceptors (Lipinski definition) is 13. The fourth-order valence-corrected chi connectivity index (χ4v) is 4.44. The van der Waals surface area contributed by atoms with Crippen molar-refractivity contribution >= 4 is 0 Å². The van der Waals surface area contributed by atoms with Crippen LogP contribution in [0.4, 0.5) is 0 Å². The van der Waals surface area contributed by atoms with E-state index in [1.165, 1.54) is 25.7 Å². The molecule has 2 heterocycles. The van der Waals surface area contributed by atoms with Crippen molar-refractivity contribution < 1.29 is 64.5 Å². The molecule has 10 atom stereocenters. The Kier molecular flexibility index (Phi) is 16.0. The van der Waals surface area contributed by atoms with E-state index in [2.05, 4.69) is 6.92 Å². The first-order chi connectivity index (χ1) is 18.2. The molecule has 0 spiro atoms. The molecule has 0 aliphatic carbocycles. The molecule has 8 N–H and O–H groups in total. The standard InChI is InChI=1S/C25H48O13/c1-2-3-4-5-6-7-8-9-10-34-15(13-35-24-22(32)20(30)18(28)16(11-26)37-24)14-36-25-23(33)21(31)19(29)17(12-27)38-25/h15-33H,2-14H2,1H3/t16-,17-,18-,19-,20+,21+,22-,23-,24-,25-/m1/s1. The summed E-state index contributed by atoms with van der Waals surface area (Å²) in [6.45, 7) is 0.993. The van der Waals surface area contributed by atoms with Gasteiger partial charge in [0.05, 0.1) is 26.4 Å². The maximum atomic E-state index is 10.2. The molecular formula is C25H48O13. The molecule has 0 unspecified atom stereocenters. The molecule has 0 radical (unpaired) electrons. The Morgan fingerprint density at radius 3 is 1.42 bits per heavy atom. The highest BCUT2D eigenvalue weighted by molar-refractivity contribution is 4.90. The third-order valence-electron chi connectivity index (χ3n) is 6.94. The summed E-state index contributed by atoms with van der Waals surface area (Å²) < 4.78 is 27.8. The van der Waals surface area contributed by atoms with Gasteiger partial charge in [-0.3, -0.25) is 0 Å². The lowest BCUT2D eigenvalue weighted by molar-refractivity contribution is -0.316. The van der Waals surface area contributed by atoms with Crippen molar-refractivity contribution in [3.05, 3.63) is 0 Å². The SMILES string of the molecule is CCCCCCCCCCOC(CO[C@@H]1O[C@H](CO)[C@@H](O)[C@H](O)[C@H]1O)CO[C@@H]1O[C@H](CO)[C@@H](O)[C@H](O)[C@H]1O. The van der Waals surface area contributed by atoms with Crippen molar-refractivity contribution in [2.75, 3.05) is 33.0 Å². The molecule has 2 aliphatic heterocycles. The van der Waals surface area contributed by atoms with Crippen LogP contribution in [0.3, 0.4) is 0 Å². The van der Waals surface area contributed by atoms with Gasteiger partial charge in [-0.25, -0.2) is 0 Å². The molecule has 38 heavy (non-hydrogen) atoms. The second-order valence-electron chi connectivity index (χ2n) is 10.0. The summed E-state index contributed by atoms with van der Waals surface area (Å²) in [5.41, 5.74) is 0. The Hall–Kier alpha value is -0.520. The van der Waals surface area contributed by atoms with Gasteiger partial charge in [0.25, 0.3) is 0 Å². The zero-order valence-electron chi connectivity index (χ0n) is 22.2. The minimum atomic E-state index is -1.59. The topological polar surface area (TPSA) is 208 Å². The van der Waals surface area contributed by atoms with Crippen LogP contribution in [-0.4, -0.2) is 141 Å². The molecule has 0 aromatic heterocycles. The number of unbranched alkanes of at least 4 members (excludes halogenated alkanes) is 7. The Morgan fingerprint density at radius 2 is 1.00 bits per heavy atom. The fourth-order valence-electron chi connectivity index (χ4n) is 4.44. The van der Waals surface area contributed by atoms with E-state index in [-0.39, 0.29) is 13.2 Å². The first-order valence-corrected chi connectivity index (χ1v) is 13.7. The van der Waals surface area contributed by atoms with Crippen LogP contribution in [0.2, 0.25) is 0 Å². The maximum absolute atomic E-state index is 10.2. The smallest absolute Gasteiger partial charge is 0.186 e. The van der Waals surface area contributed by atoms with Crippen molar-refractivity contribution in [1.29, 1.82) is 0 Å². The van der Waals surface area contributed by atoms with Gasteiger partial charge in [0.1, 0.15) is 54.9 Å². The number of hydrogen-bond donors (Lipinski definition) is 8. The molecule has 13 heteroatoms.